The number of carbonyl (C=O) groups is 1. The molecule has 1 aliphatic rings. The fraction of sp³-hybridized carbons (Fsp3) is 0.350. The van der Waals surface area contributed by atoms with Gasteiger partial charge < -0.3 is 15.7 Å². The zero-order valence-corrected chi connectivity index (χ0v) is 16.8. The van der Waals surface area contributed by atoms with E-state index in [1.54, 1.807) is 12.1 Å². The Hall–Kier alpha value is -1.79. The minimum Gasteiger partial charge on any atom is -0.508 e. The van der Waals surface area contributed by atoms with E-state index in [0.29, 0.717) is 19.5 Å². The second kappa shape index (κ2) is 11.1. The Morgan fingerprint density at radius 2 is 1.59 bits per heavy atom. The van der Waals surface area contributed by atoms with E-state index >= 15 is 0 Å². The topological polar surface area (TPSA) is 69.8 Å². The highest BCUT2D eigenvalue weighted by Gasteiger charge is 2.25. The first-order valence-electron chi connectivity index (χ1n) is 8.70. The lowest BCUT2D eigenvalue weighted by molar-refractivity contribution is -0.134. The molecule has 0 aliphatic carbocycles. The fourth-order valence-corrected chi connectivity index (χ4v) is 3.23. The van der Waals surface area contributed by atoms with Crippen LogP contribution in [0.1, 0.15) is 11.1 Å². The standard InChI is InChI=1S/C20H25N3O2.2ClH/c21-19(14-16-5-2-1-3-6-16)20(25)23-11-9-22(10-12-23)15-17-7-4-8-18(24)13-17;;/h1-8,13,19,24H,9-12,14-15,21H2;2*1H. The number of benzene rings is 2. The van der Waals surface area contributed by atoms with E-state index in [4.69, 9.17) is 5.73 Å². The van der Waals surface area contributed by atoms with E-state index in [9.17, 15) is 9.90 Å². The van der Waals surface area contributed by atoms with Gasteiger partial charge in [-0.25, -0.2) is 0 Å². The van der Waals surface area contributed by atoms with Crippen molar-refractivity contribution in [3.8, 4) is 5.75 Å². The summed E-state index contributed by atoms with van der Waals surface area (Å²) in [6.07, 6.45) is 0.573. The van der Waals surface area contributed by atoms with Gasteiger partial charge in [-0.2, -0.15) is 0 Å². The van der Waals surface area contributed by atoms with Gasteiger partial charge in [0.2, 0.25) is 5.91 Å². The third-order valence-corrected chi connectivity index (χ3v) is 4.62. The summed E-state index contributed by atoms with van der Waals surface area (Å²) >= 11 is 0. The lowest BCUT2D eigenvalue weighted by atomic mass is 10.1. The average molecular weight is 412 g/mol. The molecule has 1 aliphatic heterocycles. The van der Waals surface area contributed by atoms with Gasteiger partial charge in [0.1, 0.15) is 5.75 Å². The van der Waals surface area contributed by atoms with Crippen molar-refractivity contribution in [3.63, 3.8) is 0 Å². The van der Waals surface area contributed by atoms with Crippen molar-refractivity contribution in [1.82, 2.24) is 9.80 Å². The largest absolute Gasteiger partial charge is 0.508 e. The summed E-state index contributed by atoms with van der Waals surface area (Å²) in [7, 11) is 0. The Balaban J connectivity index is 0.00000182. The molecule has 1 fully saturated rings. The van der Waals surface area contributed by atoms with Crippen LogP contribution in [0.25, 0.3) is 0 Å². The monoisotopic (exact) mass is 411 g/mol. The highest BCUT2D eigenvalue weighted by molar-refractivity contribution is 5.85. The molecule has 5 nitrogen and oxygen atoms in total. The third kappa shape index (κ3) is 6.70. The summed E-state index contributed by atoms with van der Waals surface area (Å²) in [6.45, 7) is 3.81. The molecule has 2 aromatic carbocycles. The molecular formula is C20H27Cl2N3O2. The van der Waals surface area contributed by atoms with Crippen LogP contribution in [0, 0.1) is 0 Å². The summed E-state index contributed by atoms with van der Waals surface area (Å²) in [4.78, 5) is 16.7. The molecule has 2 aromatic rings. The van der Waals surface area contributed by atoms with Gasteiger partial charge in [-0.3, -0.25) is 9.69 Å². The molecule has 0 radical (unpaired) electrons. The molecule has 0 aromatic heterocycles. The number of carbonyl (C=O) groups excluding carboxylic acids is 1. The number of piperazine rings is 1. The molecule has 1 heterocycles. The molecular weight excluding hydrogens is 385 g/mol. The molecule has 1 amide bonds. The average Bonchev–Trinajstić information content (AvgIpc) is 2.62. The van der Waals surface area contributed by atoms with E-state index in [-0.39, 0.29) is 36.5 Å². The highest BCUT2D eigenvalue weighted by Crippen LogP contribution is 2.15. The minimum atomic E-state index is -0.486. The lowest BCUT2D eigenvalue weighted by Gasteiger charge is -2.36. The Kier molecular flexibility index (Phi) is 9.60. The second-order valence-electron chi connectivity index (χ2n) is 6.57. The van der Waals surface area contributed by atoms with Gasteiger partial charge in [0.25, 0.3) is 0 Å². The van der Waals surface area contributed by atoms with Crippen molar-refractivity contribution in [2.24, 2.45) is 5.73 Å². The molecule has 148 valence electrons. The first kappa shape index (κ1) is 23.2. The van der Waals surface area contributed by atoms with Crippen LogP contribution in [-0.4, -0.2) is 53.0 Å². The van der Waals surface area contributed by atoms with Gasteiger partial charge in [0.15, 0.2) is 0 Å². The van der Waals surface area contributed by atoms with Crippen LogP contribution in [0.4, 0.5) is 0 Å². The summed E-state index contributed by atoms with van der Waals surface area (Å²) in [5.74, 6) is 0.319. The van der Waals surface area contributed by atoms with Gasteiger partial charge in [-0.15, -0.1) is 24.8 Å². The van der Waals surface area contributed by atoms with Crippen LogP contribution in [0.2, 0.25) is 0 Å². The zero-order chi connectivity index (χ0) is 17.6. The Labute approximate surface area is 173 Å². The fourth-order valence-electron chi connectivity index (χ4n) is 3.23. The van der Waals surface area contributed by atoms with Crippen LogP contribution in [0.15, 0.2) is 54.6 Å². The molecule has 7 heteroatoms. The first-order chi connectivity index (χ1) is 12.1. The lowest BCUT2D eigenvalue weighted by Crippen LogP contribution is -2.53. The quantitative estimate of drug-likeness (QED) is 0.792. The van der Waals surface area contributed by atoms with Gasteiger partial charge in [-0.1, -0.05) is 42.5 Å². The third-order valence-electron chi connectivity index (χ3n) is 4.62. The maximum atomic E-state index is 12.6. The minimum absolute atomic E-state index is 0. The molecule has 3 rings (SSSR count). The van der Waals surface area contributed by atoms with Gasteiger partial charge in [-0.05, 0) is 29.7 Å². The van der Waals surface area contributed by atoms with Crippen molar-refractivity contribution in [3.05, 3.63) is 65.7 Å². The van der Waals surface area contributed by atoms with E-state index in [0.717, 1.165) is 30.8 Å². The van der Waals surface area contributed by atoms with Gasteiger partial charge in [0, 0.05) is 32.7 Å². The molecule has 27 heavy (non-hydrogen) atoms. The van der Waals surface area contributed by atoms with Crippen molar-refractivity contribution >= 4 is 30.7 Å². The summed E-state index contributed by atoms with van der Waals surface area (Å²) in [6, 6.07) is 16.7. The molecule has 1 atom stereocenters. The molecule has 0 spiro atoms. The molecule has 3 N–H and O–H groups in total. The highest BCUT2D eigenvalue weighted by atomic mass is 35.5. The van der Waals surface area contributed by atoms with Crippen molar-refractivity contribution < 1.29 is 9.90 Å². The number of rotatable bonds is 5. The van der Waals surface area contributed by atoms with Gasteiger partial charge >= 0.3 is 0 Å². The number of nitrogens with zero attached hydrogens (tertiary/aromatic N) is 2. The maximum absolute atomic E-state index is 12.6. The number of hydrogen-bond donors (Lipinski definition) is 2. The number of phenolic OH excluding ortho intramolecular Hbond substituents is 1. The van der Waals surface area contributed by atoms with E-state index in [1.807, 2.05) is 47.4 Å². The Morgan fingerprint density at radius 1 is 0.963 bits per heavy atom. The van der Waals surface area contributed by atoms with Crippen LogP contribution in [0.5, 0.6) is 5.75 Å². The normalized spacial score (nSPS) is 15.4. The Morgan fingerprint density at radius 3 is 2.22 bits per heavy atom. The van der Waals surface area contributed by atoms with E-state index in [2.05, 4.69) is 4.90 Å². The van der Waals surface area contributed by atoms with Crippen molar-refractivity contribution in [1.29, 1.82) is 0 Å². The smallest absolute Gasteiger partial charge is 0.239 e. The number of nitrogens with two attached hydrogens (primary N) is 1. The summed E-state index contributed by atoms with van der Waals surface area (Å²) in [5, 5.41) is 9.55. The second-order valence-corrected chi connectivity index (χ2v) is 6.57. The number of amides is 1. The molecule has 1 saturated heterocycles. The molecule has 1 unspecified atom stereocenters. The van der Waals surface area contributed by atoms with Crippen molar-refractivity contribution in [2.45, 2.75) is 19.0 Å². The summed E-state index contributed by atoms with van der Waals surface area (Å²) < 4.78 is 0. The maximum Gasteiger partial charge on any atom is 0.239 e. The number of halogens is 2. The van der Waals surface area contributed by atoms with E-state index < -0.39 is 6.04 Å². The van der Waals surface area contributed by atoms with E-state index in [1.165, 1.54) is 0 Å². The van der Waals surface area contributed by atoms with Gasteiger partial charge in [0.05, 0.1) is 6.04 Å². The predicted octanol–water partition coefficient (Wildman–Crippen LogP) is 2.45. The number of hydrogen-bond acceptors (Lipinski definition) is 4. The van der Waals surface area contributed by atoms with Crippen LogP contribution in [0.3, 0.4) is 0 Å². The number of aromatic hydroxyl groups is 1. The van der Waals surface area contributed by atoms with Crippen LogP contribution < -0.4 is 5.73 Å². The Bertz CT molecular complexity index is 707. The van der Waals surface area contributed by atoms with Crippen LogP contribution in [-0.2, 0) is 17.8 Å². The molecule has 0 saturated carbocycles. The van der Waals surface area contributed by atoms with Crippen molar-refractivity contribution in [2.75, 3.05) is 26.2 Å². The first-order valence-corrected chi connectivity index (χ1v) is 8.70. The van der Waals surface area contributed by atoms with Crippen LogP contribution >= 0.6 is 24.8 Å². The summed E-state index contributed by atoms with van der Waals surface area (Å²) in [5.41, 5.74) is 8.29. The predicted molar refractivity (Wildman–Crippen MR) is 113 cm³/mol. The zero-order valence-electron chi connectivity index (χ0n) is 15.2. The molecule has 0 bridgehead atoms. The SMILES string of the molecule is Cl.Cl.NC(Cc1ccccc1)C(=O)N1CCN(Cc2cccc(O)c2)CC1. The number of phenols is 1.